The molecule has 0 saturated carbocycles. The summed E-state index contributed by atoms with van der Waals surface area (Å²) in [6, 6.07) is 5.88. The van der Waals surface area contributed by atoms with E-state index in [1.165, 1.54) is 6.42 Å². The Morgan fingerprint density at radius 3 is 2.88 bits per heavy atom. The molecule has 1 heterocycles. The number of nitrogens with two attached hydrogens (primary N) is 1. The third kappa shape index (κ3) is 2.90. The van der Waals surface area contributed by atoms with Gasteiger partial charge in [-0.3, -0.25) is 4.90 Å². The molecule has 17 heavy (non-hydrogen) atoms. The number of hydrogen-bond donors (Lipinski definition) is 2. The third-order valence-electron chi connectivity index (χ3n) is 3.48. The minimum atomic E-state index is 0.340. The van der Waals surface area contributed by atoms with E-state index in [0.717, 1.165) is 25.2 Å². The van der Waals surface area contributed by atoms with Gasteiger partial charge in [-0.1, -0.05) is 0 Å². The molecule has 94 valence electrons. The molecule has 1 fully saturated rings. The molecule has 1 aromatic carbocycles. The molecule has 0 aliphatic carbocycles. The van der Waals surface area contributed by atoms with E-state index < -0.39 is 0 Å². The summed E-state index contributed by atoms with van der Waals surface area (Å²) in [5.74, 6) is 0.340. The van der Waals surface area contributed by atoms with Crippen molar-refractivity contribution in [3.05, 3.63) is 23.8 Å². The molecule has 3 N–H and O–H groups in total. The van der Waals surface area contributed by atoms with E-state index in [-0.39, 0.29) is 0 Å². The number of aromatic hydroxyl groups is 1. The maximum absolute atomic E-state index is 9.78. The highest BCUT2D eigenvalue weighted by Crippen LogP contribution is 2.23. The van der Waals surface area contributed by atoms with Crippen LogP contribution in [-0.2, 0) is 6.54 Å². The highest BCUT2D eigenvalue weighted by molar-refractivity contribution is 5.47. The van der Waals surface area contributed by atoms with Crippen molar-refractivity contribution in [2.75, 3.05) is 32.9 Å². The second kappa shape index (κ2) is 4.94. The predicted octanol–water partition coefficient (Wildman–Crippen LogP) is 1.11. The molecule has 2 rings (SSSR count). The fraction of sp³-hybridized carbons (Fsp3) is 0.538. The van der Waals surface area contributed by atoms with Gasteiger partial charge in [0.25, 0.3) is 0 Å². The summed E-state index contributed by atoms with van der Waals surface area (Å²) in [7, 11) is 4.23. The Bertz CT molecular complexity index is 392. The number of benzene rings is 1. The highest BCUT2D eigenvalue weighted by atomic mass is 16.3. The minimum absolute atomic E-state index is 0.340. The third-order valence-corrected chi connectivity index (χ3v) is 3.48. The predicted molar refractivity (Wildman–Crippen MR) is 69.9 cm³/mol. The van der Waals surface area contributed by atoms with Crippen molar-refractivity contribution in [3.63, 3.8) is 0 Å². The van der Waals surface area contributed by atoms with E-state index in [0.29, 0.717) is 17.5 Å². The summed E-state index contributed by atoms with van der Waals surface area (Å²) in [4.78, 5) is 4.62. The van der Waals surface area contributed by atoms with Gasteiger partial charge < -0.3 is 15.7 Å². The van der Waals surface area contributed by atoms with Gasteiger partial charge >= 0.3 is 0 Å². The lowest BCUT2D eigenvalue weighted by Gasteiger charge is -2.20. The first kappa shape index (κ1) is 12.2. The Labute approximate surface area is 103 Å². The smallest absolute Gasteiger partial charge is 0.120 e. The molecular formula is C13H21N3O. The zero-order valence-electron chi connectivity index (χ0n) is 10.6. The van der Waals surface area contributed by atoms with Crippen LogP contribution in [0.3, 0.4) is 0 Å². The largest absolute Gasteiger partial charge is 0.508 e. The van der Waals surface area contributed by atoms with E-state index in [4.69, 9.17) is 5.73 Å². The average molecular weight is 235 g/mol. The first-order valence-electron chi connectivity index (χ1n) is 6.02. The van der Waals surface area contributed by atoms with Gasteiger partial charge in [0.1, 0.15) is 5.75 Å². The summed E-state index contributed by atoms with van der Waals surface area (Å²) in [5, 5.41) is 9.78. The van der Waals surface area contributed by atoms with Gasteiger partial charge in [0.05, 0.1) is 0 Å². The van der Waals surface area contributed by atoms with Crippen LogP contribution in [0, 0.1) is 0 Å². The lowest BCUT2D eigenvalue weighted by Crippen LogP contribution is -2.31. The van der Waals surface area contributed by atoms with Crippen molar-refractivity contribution in [3.8, 4) is 5.75 Å². The fourth-order valence-electron chi connectivity index (χ4n) is 2.35. The van der Waals surface area contributed by atoms with Crippen molar-refractivity contribution < 1.29 is 5.11 Å². The van der Waals surface area contributed by atoms with Crippen LogP contribution < -0.4 is 5.73 Å². The van der Waals surface area contributed by atoms with Gasteiger partial charge in [-0.2, -0.15) is 0 Å². The van der Waals surface area contributed by atoms with E-state index >= 15 is 0 Å². The summed E-state index contributed by atoms with van der Waals surface area (Å²) in [6.45, 7) is 2.92. The molecule has 0 radical (unpaired) electrons. The fourth-order valence-corrected chi connectivity index (χ4v) is 2.35. The van der Waals surface area contributed by atoms with Crippen LogP contribution in [0.2, 0.25) is 0 Å². The van der Waals surface area contributed by atoms with Crippen molar-refractivity contribution in [1.29, 1.82) is 0 Å². The number of phenolic OH excluding ortho intramolecular Hbond substituents is 1. The van der Waals surface area contributed by atoms with E-state index in [1.54, 1.807) is 12.1 Å². The van der Waals surface area contributed by atoms with Gasteiger partial charge in [-0.05, 0) is 38.7 Å². The number of rotatable bonds is 3. The Kier molecular flexibility index (Phi) is 3.54. The standard InChI is InChI=1S/C13H21N3O/c1-15(2)12-5-6-16(9-12)8-10-7-11(14)3-4-13(10)17/h3-4,7,12,17H,5-6,8-9,14H2,1-2H3. The van der Waals surface area contributed by atoms with Crippen molar-refractivity contribution in [2.45, 2.75) is 19.0 Å². The van der Waals surface area contributed by atoms with Crippen LogP contribution in [-0.4, -0.2) is 48.1 Å². The number of nitrogen functional groups attached to an aromatic ring is 1. The van der Waals surface area contributed by atoms with Crippen LogP contribution in [0.15, 0.2) is 18.2 Å². The van der Waals surface area contributed by atoms with Crippen LogP contribution in [0.1, 0.15) is 12.0 Å². The van der Waals surface area contributed by atoms with Crippen LogP contribution in [0.4, 0.5) is 5.69 Å². The Balaban J connectivity index is 2.00. The summed E-state index contributed by atoms with van der Waals surface area (Å²) in [5.41, 5.74) is 7.37. The van der Waals surface area contributed by atoms with E-state index in [2.05, 4.69) is 23.9 Å². The first-order chi connectivity index (χ1) is 8.06. The monoisotopic (exact) mass is 235 g/mol. The second-order valence-electron chi connectivity index (χ2n) is 5.03. The summed E-state index contributed by atoms with van der Waals surface area (Å²) < 4.78 is 0. The quantitative estimate of drug-likeness (QED) is 0.609. The summed E-state index contributed by atoms with van der Waals surface area (Å²) in [6.07, 6.45) is 1.19. The molecule has 4 nitrogen and oxygen atoms in total. The highest BCUT2D eigenvalue weighted by Gasteiger charge is 2.24. The minimum Gasteiger partial charge on any atom is -0.508 e. The lowest BCUT2D eigenvalue weighted by molar-refractivity contribution is 0.263. The molecule has 0 amide bonds. The molecule has 1 aliphatic rings. The van der Waals surface area contributed by atoms with Crippen LogP contribution in [0.25, 0.3) is 0 Å². The SMILES string of the molecule is CN(C)C1CCN(Cc2cc(N)ccc2O)C1. The van der Waals surface area contributed by atoms with Gasteiger partial charge in [-0.25, -0.2) is 0 Å². The van der Waals surface area contributed by atoms with Crippen LogP contribution in [0.5, 0.6) is 5.75 Å². The Hall–Kier alpha value is -1.26. The van der Waals surface area contributed by atoms with Crippen molar-refractivity contribution >= 4 is 5.69 Å². The Morgan fingerprint density at radius 1 is 1.47 bits per heavy atom. The van der Waals surface area contributed by atoms with Crippen molar-refractivity contribution in [2.24, 2.45) is 0 Å². The number of phenols is 1. The molecule has 1 saturated heterocycles. The second-order valence-corrected chi connectivity index (χ2v) is 5.03. The van der Waals surface area contributed by atoms with Gasteiger partial charge in [0.2, 0.25) is 0 Å². The van der Waals surface area contributed by atoms with Gasteiger partial charge in [0.15, 0.2) is 0 Å². The Morgan fingerprint density at radius 2 is 2.24 bits per heavy atom. The van der Waals surface area contributed by atoms with Crippen molar-refractivity contribution in [1.82, 2.24) is 9.80 Å². The number of likely N-dealkylation sites (tertiary alicyclic amines) is 1. The van der Waals surface area contributed by atoms with E-state index in [1.807, 2.05) is 6.07 Å². The maximum atomic E-state index is 9.78. The zero-order valence-corrected chi connectivity index (χ0v) is 10.6. The van der Waals surface area contributed by atoms with Crippen LogP contribution >= 0.6 is 0 Å². The van der Waals surface area contributed by atoms with Gasteiger partial charge in [-0.15, -0.1) is 0 Å². The molecule has 0 bridgehead atoms. The molecule has 1 aromatic rings. The number of hydrogen-bond acceptors (Lipinski definition) is 4. The lowest BCUT2D eigenvalue weighted by atomic mass is 10.1. The molecular weight excluding hydrogens is 214 g/mol. The van der Waals surface area contributed by atoms with E-state index in [9.17, 15) is 5.11 Å². The number of likely N-dealkylation sites (N-methyl/N-ethyl adjacent to an activating group) is 1. The normalized spacial score (nSPS) is 21.2. The molecule has 0 spiro atoms. The molecule has 1 aliphatic heterocycles. The average Bonchev–Trinajstić information content (AvgIpc) is 2.72. The first-order valence-corrected chi connectivity index (χ1v) is 6.02. The molecule has 1 unspecified atom stereocenters. The topological polar surface area (TPSA) is 52.7 Å². The zero-order chi connectivity index (χ0) is 12.4. The molecule has 0 aromatic heterocycles. The van der Waals surface area contributed by atoms with Gasteiger partial charge in [0, 0.05) is 36.9 Å². The number of nitrogens with zero attached hydrogens (tertiary/aromatic N) is 2. The molecule has 1 atom stereocenters. The summed E-state index contributed by atoms with van der Waals surface area (Å²) >= 11 is 0. The molecule has 4 heteroatoms. The maximum Gasteiger partial charge on any atom is 0.120 e. The number of anilines is 1.